The van der Waals surface area contributed by atoms with Crippen molar-refractivity contribution in [2.75, 3.05) is 31.1 Å². The molecule has 132 valence electrons. The molecule has 0 radical (unpaired) electrons. The van der Waals surface area contributed by atoms with E-state index < -0.39 is 11.6 Å². The number of benzene rings is 1. The molecule has 25 heavy (non-hydrogen) atoms. The molecule has 1 aliphatic rings. The third-order valence-corrected chi connectivity index (χ3v) is 4.37. The highest BCUT2D eigenvalue weighted by atomic mass is 19.2. The number of nitrogens with zero attached hydrogens (tertiary/aromatic N) is 4. The van der Waals surface area contributed by atoms with Gasteiger partial charge in [0.2, 0.25) is 5.91 Å². The Hall–Kier alpha value is -2.57. The van der Waals surface area contributed by atoms with Gasteiger partial charge in [0.15, 0.2) is 17.5 Å². The van der Waals surface area contributed by atoms with Crippen molar-refractivity contribution in [2.45, 2.75) is 19.3 Å². The lowest BCUT2D eigenvalue weighted by atomic mass is 10.1. The Morgan fingerprint density at radius 1 is 1.08 bits per heavy atom. The number of rotatable bonds is 4. The number of anilines is 1. The summed E-state index contributed by atoms with van der Waals surface area (Å²) in [5, 5.41) is 7.99. The van der Waals surface area contributed by atoms with Crippen LogP contribution in [0.5, 0.6) is 0 Å². The molecule has 0 bridgehead atoms. The zero-order chi connectivity index (χ0) is 17.6. The summed E-state index contributed by atoms with van der Waals surface area (Å²) in [5.41, 5.74) is 0.240. The average molecular weight is 346 g/mol. The average Bonchev–Trinajstić information content (AvgIpc) is 2.90. The predicted molar refractivity (Wildman–Crippen MR) is 90.1 cm³/mol. The molecule has 2 aromatic rings. The lowest BCUT2D eigenvalue weighted by Gasteiger charge is -2.22. The van der Waals surface area contributed by atoms with Crippen LogP contribution in [-0.4, -0.2) is 47.2 Å². The molecule has 1 aromatic heterocycles. The summed E-state index contributed by atoms with van der Waals surface area (Å²) in [6.45, 7) is 2.72. The largest absolute Gasteiger partial charge is 0.353 e. The summed E-state index contributed by atoms with van der Waals surface area (Å²) in [6.07, 6.45) is 2.83. The topological polar surface area (TPSA) is 49.3 Å². The molecule has 0 saturated carbocycles. The van der Waals surface area contributed by atoms with Gasteiger partial charge in [0, 0.05) is 38.8 Å². The summed E-state index contributed by atoms with van der Waals surface area (Å²) in [5.74, 6) is -0.970. The lowest BCUT2D eigenvalue weighted by molar-refractivity contribution is -0.130. The zero-order valence-corrected chi connectivity index (χ0v) is 13.9. The molecule has 2 heterocycles. The first-order chi connectivity index (χ1) is 12.1. The molecule has 7 heteroatoms. The van der Waals surface area contributed by atoms with E-state index in [2.05, 4.69) is 15.1 Å². The maximum Gasteiger partial charge on any atom is 0.222 e. The van der Waals surface area contributed by atoms with Gasteiger partial charge in [-0.25, -0.2) is 8.78 Å². The maximum absolute atomic E-state index is 13.7. The lowest BCUT2D eigenvalue weighted by Crippen LogP contribution is -2.35. The molecule has 1 aliphatic heterocycles. The van der Waals surface area contributed by atoms with E-state index in [1.54, 1.807) is 11.1 Å². The Balaban J connectivity index is 1.55. The minimum Gasteiger partial charge on any atom is -0.353 e. The molecule has 3 rings (SSSR count). The van der Waals surface area contributed by atoms with Gasteiger partial charge in [0.1, 0.15) is 0 Å². The summed E-state index contributed by atoms with van der Waals surface area (Å²) >= 11 is 0. The Bertz CT molecular complexity index is 726. The van der Waals surface area contributed by atoms with Crippen LogP contribution in [0.4, 0.5) is 14.6 Å². The van der Waals surface area contributed by atoms with Crippen LogP contribution < -0.4 is 4.90 Å². The number of carbonyl (C=O) groups is 1. The minimum absolute atomic E-state index is 0.0374. The van der Waals surface area contributed by atoms with Crippen LogP contribution in [0.1, 0.15) is 18.4 Å². The van der Waals surface area contributed by atoms with Crippen LogP contribution in [0.3, 0.4) is 0 Å². The van der Waals surface area contributed by atoms with Gasteiger partial charge < -0.3 is 9.80 Å². The standard InChI is InChI=1S/C18H20F2N4O/c19-15-5-1-4-14(18(15)20)7-8-17(25)24-11-3-10-23(12-13-24)16-6-2-9-21-22-16/h1-2,4-6,9H,3,7-8,10-13H2. The highest BCUT2D eigenvalue weighted by molar-refractivity contribution is 5.76. The third kappa shape index (κ3) is 4.29. The summed E-state index contributed by atoms with van der Waals surface area (Å²) in [4.78, 5) is 16.3. The van der Waals surface area contributed by atoms with E-state index in [1.165, 1.54) is 12.1 Å². The van der Waals surface area contributed by atoms with E-state index in [0.717, 1.165) is 24.8 Å². The zero-order valence-electron chi connectivity index (χ0n) is 13.9. The van der Waals surface area contributed by atoms with E-state index in [0.29, 0.717) is 19.6 Å². The number of amides is 1. The molecular weight excluding hydrogens is 326 g/mol. The van der Waals surface area contributed by atoms with Crippen molar-refractivity contribution >= 4 is 11.7 Å². The van der Waals surface area contributed by atoms with Crippen molar-refractivity contribution in [1.29, 1.82) is 0 Å². The summed E-state index contributed by atoms with van der Waals surface area (Å²) in [7, 11) is 0. The normalized spacial score (nSPS) is 15.1. The minimum atomic E-state index is -0.876. The number of aromatic nitrogens is 2. The van der Waals surface area contributed by atoms with Crippen molar-refractivity contribution in [3.63, 3.8) is 0 Å². The molecule has 1 saturated heterocycles. The van der Waals surface area contributed by atoms with Crippen LogP contribution in [0.2, 0.25) is 0 Å². The number of carbonyl (C=O) groups excluding carboxylic acids is 1. The van der Waals surface area contributed by atoms with Crippen molar-refractivity contribution in [3.8, 4) is 0 Å². The Morgan fingerprint density at radius 2 is 1.96 bits per heavy atom. The van der Waals surface area contributed by atoms with Crippen LogP contribution in [0.15, 0.2) is 36.5 Å². The fraction of sp³-hybridized carbons (Fsp3) is 0.389. The Kier molecular flexibility index (Phi) is 5.53. The van der Waals surface area contributed by atoms with Gasteiger partial charge in [-0.2, -0.15) is 5.10 Å². The molecule has 5 nitrogen and oxygen atoms in total. The third-order valence-electron chi connectivity index (χ3n) is 4.37. The van der Waals surface area contributed by atoms with Crippen LogP contribution >= 0.6 is 0 Å². The van der Waals surface area contributed by atoms with Crippen molar-refractivity contribution in [3.05, 3.63) is 53.7 Å². The highest BCUT2D eigenvalue weighted by Gasteiger charge is 2.20. The fourth-order valence-corrected chi connectivity index (χ4v) is 3.00. The van der Waals surface area contributed by atoms with Crippen LogP contribution in [-0.2, 0) is 11.2 Å². The summed E-state index contributed by atoms with van der Waals surface area (Å²) in [6, 6.07) is 7.80. The number of halogens is 2. The van der Waals surface area contributed by atoms with Crippen LogP contribution in [0, 0.1) is 11.6 Å². The molecule has 0 spiro atoms. The van der Waals surface area contributed by atoms with Crippen molar-refractivity contribution in [2.24, 2.45) is 0 Å². The van der Waals surface area contributed by atoms with Gasteiger partial charge in [0.25, 0.3) is 0 Å². The predicted octanol–water partition coefficient (Wildman–Crippen LogP) is 2.43. The number of hydrogen-bond donors (Lipinski definition) is 0. The van der Waals surface area contributed by atoms with Gasteiger partial charge >= 0.3 is 0 Å². The SMILES string of the molecule is O=C(CCc1cccc(F)c1F)N1CCCN(c2cccnn2)CC1. The van der Waals surface area contributed by atoms with E-state index in [-0.39, 0.29) is 24.3 Å². The molecular formula is C18H20F2N4O. The van der Waals surface area contributed by atoms with E-state index in [4.69, 9.17) is 0 Å². The van der Waals surface area contributed by atoms with Gasteiger partial charge in [-0.05, 0) is 36.6 Å². The van der Waals surface area contributed by atoms with E-state index in [1.807, 2.05) is 12.1 Å². The molecule has 0 aliphatic carbocycles. The van der Waals surface area contributed by atoms with Crippen LogP contribution in [0.25, 0.3) is 0 Å². The first kappa shape index (κ1) is 17.3. The van der Waals surface area contributed by atoms with Gasteiger partial charge in [-0.3, -0.25) is 4.79 Å². The second kappa shape index (κ2) is 8.00. The monoisotopic (exact) mass is 346 g/mol. The fourth-order valence-electron chi connectivity index (χ4n) is 3.00. The summed E-state index contributed by atoms with van der Waals surface area (Å²) < 4.78 is 26.9. The smallest absolute Gasteiger partial charge is 0.222 e. The number of hydrogen-bond acceptors (Lipinski definition) is 4. The van der Waals surface area contributed by atoms with E-state index >= 15 is 0 Å². The molecule has 0 atom stereocenters. The quantitative estimate of drug-likeness (QED) is 0.853. The number of aryl methyl sites for hydroxylation is 1. The second-order valence-corrected chi connectivity index (χ2v) is 6.02. The maximum atomic E-state index is 13.7. The first-order valence-electron chi connectivity index (χ1n) is 8.38. The van der Waals surface area contributed by atoms with Gasteiger partial charge in [0.05, 0.1) is 0 Å². The molecule has 1 fully saturated rings. The molecule has 0 unspecified atom stereocenters. The Labute approximate surface area is 145 Å². The Morgan fingerprint density at radius 3 is 2.76 bits per heavy atom. The van der Waals surface area contributed by atoms with Crippen molar-refractivity contribution in [1.82, 2.24) is 15.1 Å². The van der Waals surface area contributed by atoms with E-state index in [9.17, 15) is 13.6 Å². The molecule has 0 N–H and O–H groups in total. The molecule has 1 aromatic carbocycles. The van der Waals surface area contributed by atoms with Crippen molar-refractivity contribution < 1.29 is 13.6 Å². The highest BCUT2D eigenvalue weighted by Crippen LogP contribution is 2.16. The first-order valence-corrected chi connectivity index (χ1v) is 8.38. The second-order valence-electron chi connectivity index (χ2n) is 6.02. The van der Waals surface area contributed by atoms with Gasteiger partial charge in [-0.15, -0.1) is 5.10 Å². The van der Waals surface area contributed by atoms with Gasteiger partial charge in [-0.1, -0.05) is 12.1 Å². The molecule has 1 amide bonds.